The second-order valence-corrected chi connectivity index (χ2v) is 22.6. The average molecular weight is 1120 g/mol. The molecule has 8 amide bonds. The molecule has 3 aromatic heterocycles. The minimum atomic E-state index is -0.152. The number of aromatic amines is 2. The maximum absolute atomic E-state index is 14.2. The van der Waals surface area contributed by atoms with Crippen LogP contribution in [0.2, 0.25) is 0 Å². The number of benzene rings is 4. The minimum absolute atomic E-state index is 0.152. The number of hydrogen-bond donors (Lipinski definition) is 6. The molecule has 0 spiro atoms. The maximum atomic E-state index is 14.2. The molecule has 426 valence electrons. The van der Waals surface area contributed by atoms with Gasteiger partial charge in [-0.3, -0.25) is 0 Å². The van der Waals surface area contributed by atoms with E-state index in [9.17, 15) is 19.2 Å². The molecule has 0 radical (unpaired) electrons. The first-order valence-electron chi connectivity index (χ1n) is 30.1. The van der Waals surface area contributed by atoms with Crippen LogP contribution in [-0.2, 0) is 0 Å². The number of urea groups is 4. The third-order valence-electron chi connectivity index (χ3n) is 17.1. The molecule has 16 nitrogen and oxygen atoms in total. The minimum Gasteiger partial charge on any atom is -0.354 e. The van der Waals surface area contributed by atoms with E-state index in [1.54, 1.807) is 0 Å². The van der Waals surface area contributed by atoms with Gasteiger partial charge in [-0.2, -0.15) is 0 Å². The van der Waals surface area contributed by atoms with Crippen LogP contribution >= 0.6 is 0 Å². The van der Waals surface area contributed by atoms with E-state index in [0.717, 1.165) is 144 Å². The highest BCUT2D eigenvalue weighted by Gasteiger charge is 2.27. The SMILES string of the molecule is O=C(Nc1ccccc1-c1c2nc(c(-c3ccccc3NC(=O)N3CCCCC3)c3ccc([nH]3)c(-c3ccccc3NC(=O)N3CCCCC3)c3nc(c(-c4ccccc4NC(=O)N4CCCCC4)c4ccc1[nH]4)C=C3)C=C2)N1CCCCC1. The second kappa shape index (κ2) is 24.2. The van der Waals surface area contributed by atoms with E-state index < -0.39 is 0 Å². The predicted octanol–water partition coefficient (Wildman–Crippen LogP) is 15.4. The van der Waals surface area contributed by atoms with Crippen LogP contribution in [0, 0.1) is 0 Å². The third-order valence-corrected chi connectivity index (χ3v) is 17.1. The van der Waals surface area contributed by atoms with E-state index in [-0.39, 0.29) is 24.1 Å². The lowest BCUT2D eigenvalue weighted by atomic mass is 10.0. The highest BCUT2D eigenvalue weighted by atomic mass is 16.2. The fraction of sp³-hybridized carbons (Fsp3) is 0.294. The first-order valence-corrected chi connectivity index (χ1v) is 30.1. The lowest BCUT2D eigenvalue weighted by Crippen LogP contribution is -2.38. The molecule has 6 aliphatic heterocycles. The van der Waals surface area contributed by atoms with Gasteiger partial charge in [0.15, 0.2) is 0 Å². The van der Waals surface area contributed by atoms with Crippen LogP contribution in [0.4, 0.5) is 41.9 Å². The molecule has 16 heteroatoms. The molecule has 0 aliphatic carbocycles. The summed E-state index contributed by atoms with van der Waals surface area (Å²) in [6.07, 6.45) is 20.1. The Kier molecular flexibility index (Phi) is 15.5. The maximum Gasteiger partial charge on any atom is 0.321 e. The Morgan fingerprint density at radius 1 is 0.298 bits per heavy atom. The fourth-order valence-corrected chi connectivity index (χ4v) is 12.7. The zero-order chi connectivity index (χ0) is 56.9. The Morgan fingerprint density at radius 2 is 0.512 bits per heavy atom. The number of fused-ring (bicyclic) bond motifs is 8. The van der Waals surface area contributed by atoms with Crippen LogP contribution in [0.15, 0.2) is 121 Å². The Morgan fingerprint density at radius 3 is 0.738 bits per heavy atom. The van der Waals surface area contributed by atoms with E-state index in [0.29, 0.717) is 97.9 Å². The summed E-state index contributed by atoms with van der Waals surface area (Å²) in [6.45, 7) is 5.51. The Labute approximate surface area is 489 Å². The topological polar surface area (TPSA) is 187 Å². The summed E-state index contributed by atoms with van der Waals surface area (Å²) in [6, 6.07) is 39.1. The van der Waals surface area contributed by atoms with Crippen molar-refractivity contribution in [1.29, 1.82) is 0 Å². The number of carbonyl (C=O) groups excluding carboxylic acids is 4. The lowest BCUT2D eigenvalue weighted by molar-refractivity contribution is 0.199. The molecule has 0 saturated carbocycles. The molecule has 4 fully saturated rings. The third kappa shape index (κ3) is 11.1. The first-order chi connectivity index (χ1) is 41.3. The molecule has 0 atom stereocenters. The number of amides is 8. The van der Waals surface area contributed by atoms with Crippen molar-refractivity contribution in [3.63, 3.8) is 0 Å². The molecule has 9 heterocycles. The Balaban J connectivity index is 1.09. The number of nitrogens with one attached hydrogen (secondary N) is 6. The van der Waals surface area contributed by atoms with Gasteiger partial charge in [-0.05, 0) is 150 Å². The van der Waals surface area contributed by atoms with Crippen molar-refractivity contribution in [2.45, 2.75) is 77.0 Å². The number of nitrogens with zero attached hydrogens (tertiary/aromatic N) is 6. The van der Waals surface area contributed by atoms with Gasteiger partial charge in [0.2, 0.25) is 0 Å². The quantitative estimate of drug-likeness (QED) is 0.0879. The van der Waals surface area contributed by atoms with Gasteiger partial charge >= 0.3 is 24.1 Å². The molecular weight excluding hydrogens is 1050 g/mol. The van der Waals surface area contributed by atoms with Crippen molar-refractivity contribution < 1.29 is 19.2 Å². The number of para-hydroxylation sites is 4. The predicted molar refractivity (Wildman–Crippen MR) is 338 cm³/mol. The lowest BCUT2D eigenvalue weighted by Gasteiger charge is -2.27. The number of carbonyl (C=O) groups is 4. The normalized spacial score (nSPS) is 16.1. The van der Waals surface area contributed by atoms with Crippen molar-refractivity contribution in [2.75, 3.05) is 73.6 Å². The highest BCUT2D eigenvalue weighted by Crippen LogP contribution is 2.43. The fourth-order valence-electron chi connectivity index (χ4n) is 12.7. The van der Waals surface area contributed by atoms with Crippen LogP contribution < -0.4 is 21.3 Å². The van der Waals surface area contributed by atoms with Crippen molar-refractivity contribution >= 4 is 93.2 Å². The van der Waals surface area contributed by atoms with E-state index in [4.69, 9.17) is 9.97 Å². The van der Waals surface area contributed by atoms with Gasteiger partial charge in [0.05, 0.1) is 45.5 Å². The summed E-state index contributed by atoms with van der Waals surface area (Å²) in [7, 11) is 0. The number of piperidine rings is 4. The number of H-pyrrole nitrogens is 2. The van der Waals surface area contributed by atoms with Gasteiger partial charge in [-0.25, -0.2) is 29.1 Å². The zero-order valence-electron chi connectivity index (χ0n) is 47.3. The van der Waals surface area contributed by atoms with Gasteiger partial charge in [0.25, 0.3) is 0 Å². The molecule has 0 unspecified atom stereocenters. The van der Waals surface area contributed by atoms with E-state index >= 15 is 0 Å². The van der Waals surface area contributed by atoms with Crippen molar-refractivity contribution in [3.8, 4) is 44.5 Å². The molecule has 7 aromatic rings. The molecule has 4 aromatic carbocycles. The van der Waals surface area contributed by atoms with Crippen LogP contribution in [-0.4, -0.2) is 116 Å². The van der Waals surface area contributed by atoms with Gasteiger partial charge < -0.3 is 50.8 Å². The smallest absolute Gasteiger partial charge is 0.321 e. The van der Waals surface area contributed by atoms with E-state index in [1.165, 1.54) is 0 Å². The summed E-state index contributed by atoms with van der Waals surface area (Å²) < 4.78 is 0. The van der Waals surface area contributed by atoms with Crippen molar-refractivity contribution in [1.82, 2.24) is 39.5 Å². The number of rotatable bonds is 8. The summed E-state index contributed by atoms with van der Waals surface area (Å²) in [5, 5.41) is 13.2. The Hall–Kier alpha value is -9.44. The summed E-state index contributed by atoms with van der Waals surface area (Å²) in [5.74, 6) is 0. The van der Waals surface area contributed by atoms with Crippen LogP contribution in [0.5, 0.6) is 0 Å². The summed E-state index contributed by atoms with van der Waals surface area (Å²) in [4.78, 5) is 83.1. The van der Waals surface area contributed by atoms with E-state index in [2.05, 4.69) is 31.2 Å². The van der Waals surface area contributed by atoms with E-state index in [1.807, 2.05) is 165 Å². The molecule has 4 saturated heterocycles. The van der Waals surface area contributed by atoms with Crippen molar-refractivity contribution in [2.24, 2.45) is 0 Å². The van der Waals surface area contributed by atoms with Crippen LogP contribution in [0.1, 0.15) is 99.8 Å². The number of aromatic nitrogens is 4. The number of likely N-dealkylation sites (tertiary alicyclic amines) is 4. The van der Waals surface area contributed by atoms with Gasteiger partial charge in [-0.1, -0.05) is 72.8 Å². The van der Waals surface area contributed by atoms with Crippen LogP contribution in [0.25, 0.3) is 90.9 Å². The van der Waals surface area contributed by atoms with Crippen molar-refractivity contribution in [3.05, 3.63) is 144 Å². The average Bonchev–Trinajstić information content (AvgIpc) is 3.33. The number of hydrogen-bond acceptors (Lipinski definition) is 6. The standard InChI is InChI=1S/C68H70N12O4/c81-65(77-37-13-1-14-38-77)73-49-25-9-5-21-45(49)61-53-29-31-55(69-53)62(46-22-6-10-26-50(46)74-66(82)78-39-15-2-16-40-78)57-33-35-59(71-57)64(48-24-8-12-28-52(48)76-68(84)80-43-19-4-20-44-80)60-36-34-58(72-60)63(56-32-30-54(61)70-56)47-23-7-11-27-51(47)75-67(83)79-41-17-3-18-42-79/h5-12,21-36,69,72H,1-4,13-20,37-44H2,(H,73,81)(H,74,82)(H,75,83)(H,76,84). The molecule has 6 aliphatic rings. The van der Waals surface area contributed by atoms with Crippen LogP contribution in [0.3, 0.4) is 0 Å². The molecule has 6 N–H and O–H groups in total. The van der Waals surface area contributed by atoms with Gasteiger partial charge in [0.1, 0.15) is 0 Å². The molecular formula is C68H70N12O4. The summed E-state index contributed by atoms with van der Waals surface area (Å²) in [5.41, 5.74) is 14.0. The molecule has 13 rings (SSSR count). The Bertz CT molecular complexity index is 3420. The molecule has 84 heavy (non-hydrogen) atoms. The monoisotopic (exact) mass is 1120 g/mol. The first kappa shape index (κ1) is 53.8. The van der Waals surface area contributed by atoms with Gasteiger partial charge in [-0.15, -0.1) is 0 Å². The zero-order valence-corrected chi connectivity index (χ0v) is 47.3. The molecule has 8 bridgehead atoms. The second-order valence-electron chi connectivity index (χ2n) is 22.6. The largest absolute Gasteiger partial charge is 0.354 e. The van der Waals surface area contributed by atoms with Gasteiger partial charge in [0, 0.05) is 119 Å². The highest BCUT2D eigenvalue weighted by molar-refractivity contribution is 6.07. The number of anilines is 4. The summed E-state index contributed by atoms with van der Waals surface area (Å²) >= 11 is 0.